The van der Waals surface area contributed by atoms with E-state index in [-0.39, 0.29) is 0 Å². The summed E-state index contributed by atoms with van der Waals surface area (Å²) in [6.07, 6.45) is 1.81. The summed E-state index contributed by atoms with van der Waals surface area (Å²) in [6.45, 7) is 3.92. The molecule has 0 spiro atoms. The van der Waals surface area contributed by atoms with Gasteiger partial charge in [0.2, 0.25) is 0 Å². The molecule has 3 nitrogen and oxygen atoms in total. The summed E-state index contributed by atoms with van der Waals surface area (Å²) in [5, 5.41) is 3.04. The largest absolute Gasteiger partial charge is 0.340 e. The predicted octanol–water partition coefficient (Wildman–Crippen LogP) is 2.15. The van der Waals surface area contributed by atoms with Gasteiger partial charge >= 0.3 is 0 Å². The van der Waals surface area contributed by atoms with Gasteiger partial charge in [-0.2, -0.15) is 0 Å². The number of rotatable bonds is 1. The fourth-order valence-electron chi connectivity index (χ4n) is 1.01. The number of nitrogens with one attached hydrogen (secondary N) is 1. The molecule has 0 saturated heterocycles. The number of thiazole rings is 1. The zero-order chi connectivity index (χ0) is 8.55. The molecule has 0 fully saturated rings. The van der Waals surface area contributed by atoms with Crippen molar-refractivity contribution in [2.24, 2.45) is 0 Å². The molecule has 4 heteroatoms. The van der Waals surface area contributed by atoms with Gasteiger partial charge in [0.15, 0.2) is 0 Å². The lowest BCUT2D eigenvalue weighted by atomic mass is 10.5. The summed E-state index contributed by atoms with van der Waals surface area (Å²) in [7, 11) is 0. The van der Waals surface area contributed by atoms with Crippen LogP contribution in [0.2, 0.25) is 0 Å². The van der Waals surface area contributed by atoms with E-state index in [1.807, 2.05) is 25.4 Å². The van der Waals surface area contributed by atoms with Crippen LogP contribution in [0.3, 0.4) is 0 Å². The Morgan fingerprint density at radius 1 is 1.42 bits per heavy atom. The van der Waals surface area contributed by atoms with Crippen LogP contribution >= 0.6 is 11.3 Å². The average molecular weight is 179 g/mol. The van der Waals surface area contributed by atoms with Gasteiger partial charge in [0.25, 0.3) is 0 Å². The monoisotopic (exact) mass is 179 g/mol. The van der Waals surface area contributed by atoms with Gasteiger partial charge < -0.3 is 4.98 Å². The normalized spacial score (nSPS) is 10.5. The van der Waals surface area contributed by atoms with E-state index in [0.717, 1.165) is 22.2 Å². The third-order valence-corrected chi connectivity index (χ3v) is 2.55. The molecule has 2 aromatic rings. The van der Waals surface area contributed by atoms with Gasteiger partial charge in [-0.3, -0.25) is 0 Å². The van der Waals surface area contributed by atoms with E-state index in [0.29, 0.717) is 0 Å². The molecule has 12 heavy (non-hydrogen) atoms. The van der Waals surface area contributed by atoms with Crippen LogP contribution in [0.25, 0.3) is 10.7 Å². The fourth-order valence-corrected chi connectivity index (χ4v) is 1.77. The van der Waals surface area contributed by atoms with Crippen molar-refractivity contribution >= 4 is 11.3 Å². The van der Waals surface area contributed by atoms with Crippen LogP contribution in [0.5, 0.6) is 0 Å². The van der Waals surface area contributed by atoms with Crippen molar-refractivity contribution in [2.45, 2.75) is 13.8 Å². The zero-order valence-electron chi connectivity index (χ0n) is 6.96. The Kier molecular flexibility index (Phi) is 1.69. The molecule has 0 amide bonds. The van der Waals surface area contributed by atoms with Gasteiger partial charge in [-0.1, -0.05) is 0 Å². The van der Waals surface area contributed by atoms with E-state index < -0.39 is 0 Å². The minimum Gasteiger partial charge on any atom is -0.340 e. The molecular formula is C8H9N3S. The third-order valence-electron chi connectivity index (χ3n) is 1.55. The van der Waals surface area contributed by atoms with E-state index in [1.54, 1.807) is 11.3 Å². The zero-order valence-corrected chi connectivity index (χ0v) is 7.77. The van der Waals surface area contributed by atoms with Gasteiger partial charge in [0, 0.05) is 11.1 Å². The summed E-state index contributed by atoms with van der Waals surface area (Å²) in [4.78, 5) is 11.6. The molecule has 2 aromatic heterocycles. The summed E-state index contributed by atoms with van der Waals surface area (Å²) in [5.74, 6) is 0.929. The second kappa shape index (κ2) is 2.71. The van der Waals surface area contributed by atoms with E-state index in [2.05, 4.69) is 15.0 Å². The van der Waals surface area contributed by atoms with Gasteiger partial charge in [-0.15, -0.1) is 11.3 Å². The number of nitrogens with zero attached hydrogens (tertiary/aromatic N) is 2. The van der Waals surface area contributed by atoms with Crippen molar-refractivity contribution in [3.63, 3.8) is 0 Å². The number of aryl methyl sites for hydroxylation is 2. The molecule has 2 heterocycles. The molecule has 0 aromatic carbocycles. The highest BCUT2D eigenvalue weighted by molar-refractivity contribution is 7.13. The molecule has 2 rings (SSSR count). The number of aromatic nitrogens is 3. The minimum atomic E-state index is 0.929. The molecule has 0 radical (unpaired) electrons. The van der Waals surface area contributed by atoms with E-state index >= 15 is 0 Å². The molecule has 0 unspecified atom stereocenters. The number of imidazole rings is 1. The number of H-pyrrole nitrogens is 1. The van der Waals surface area contributed by atoms with Crippen LogP contribution in [-0.2, 0) is 0 Å². The maximum absolute atomic E-state index is 4.34. The molecule has 62 valence electrons. The van der Waals surface area contributed by atoms with Crippen molar-refractivity contribution in [3.05, 3.63) is 23.1 Å². The first-order valence-corrected chi connectivity index (χ1v) is 4.58. The first kappa shape index (κ1) is 7.49. The fraction of sp³-hybridized carbons (Fsp3) is 0.250. The van der Waals surface area contributed by atoms with Crippen LogP contribution in [-0.4, -0.2) is 15.0 Å². The molecule has 0 atom stereocenters. The lowest BCUT2D eigenvalue weighted by Crippen LogP contribution is -1.76. The highest BCUT2D eigenvalue weighted by Crippen LogP contribution is 2.20. The van der Waals surface area contributed by atoms with Crippen molar-refractivity contribution < 1.29 is 0 Å². The molecule has 1 N–H and O–H groups in total. The van der Waals surface area contributed by atoms with Crippen LogP contribution in [0.4, 0.5) is 0 Å². The molecule has 0 aliphatic carbocycles. The number of aromatic amines is 1. The first-order valence-electron chi connectivity index (χ1n) is 3.70. The smallest absolute Gasteiger partial charge is 0.141 e. The summed E-state index contributed by atoms with van der Waals surface area (Å²) in [6, 6.07) is 0. The summed E-state index contributed by atoms with van der Waals surface area (Å²) >= 11 is 1.63. The third kappa shape index (κ3) is 1.25. The highest BCUT2D eigenvalue weighted by atomic mass is 32.1. The Bertz CT molecular complexity index is 350. The summed E-state index contributed by atoms with van der Waals surface area (Å²) < 4.78 is 0. The van der Waals surface area contributed by atoms with Crippen molar-refractivity contribution in [3.8, 4) is 10.7 Å². The van der Waals surface area contributed by atoms with E-state index in [4.69, 9.17) is 0 Å². The standard InChI is InChI=1S/C8H9N3S/c1-5-4-12-8(10-5)7-3-9-6(2)11-7/h3-4H,1-2H3,(H,9,11). The summed E-state index contributed by atoms with van der Waals surface area (Å²) in [5.41, 5.74) is 2.06. The van der Waals surface area contributed by atoms with Gasteiger partial charge in [0.1, 0.15) is 10.8 Å². The maximum atomic E-state index is 4.34. The average Bonchev–Trinajstić information content (AvgIpc) is 2.58. The maximum Gasteiger partial charge on any atom is 0.141 e. The van der Waals surface area contributed by atoms with Gasteiger partial charge in [-0.25, -0.2) is 9.97 Å². The van der Waals surface area contributed by atoms with Crippen LogP contribution in [0, 0.1) is 13.8 Å². The Hall–Kier alpha value is -1.16. The molecule has 0 saturated carbocycles. The van der Waals surface area contributed by atoms with Crippen LogP contribution in [0.1, 0.15) is 11.5 Å². The Morgan fingerprint density at radius 3 is 2.75 bits per heavy atom. The molecule has 0 bridgehead atoms. The van der Waals surface area contributed by atoms with Crippen molar-refractivity contribution in [1.29, 1.82) is 0 Å². The topological polar surface area (TPSA) is 41.6 Å². The predicted molar refractivity (Wildman–Crippen MR) is 49.2 cm³/mol. The van der Waals surface area contributed by atoms with Crippen molar-refractivity contribution in [2.75, 3.05) is 0 Å². The molecular weight excluding hydrogens is 170 g/mol. The lowest BCUT2D eigenvalue weighted by Gasteiger charge is -1.86. The quantitative estimate of drug-likeness (QED) is 0.728. The molecule has 0 aliphatic heterocycles. The SMILES string of the molecule is Cc1csc(-c2cnc(C)[nH]2)n1. The highest BCUT2D eigenvalue weighted by Gasteiger charge is 2.03. The van der Waals surface area contributed by atoms with E-state index in [9.17, 15) is 0 Å². The Labute approximate surface area is 74.5 Å². The second-order valence-corrected chi connectivity index (χ2v) is 3.53. The molecule has 0 aliphatic rings. The van der Waals surface area contributed by atoms with E-state index in [1.165, 1.54) is 0 Å². The number of hydrogen-bond donors (Lipinski definition) is 1. The van der Waals surface area contributed by atoms with Gasteiger partial charge in [-0.05, 0) is 13.8 Å². The Morgan fingerprint density at radius 2 is 2.25 bits per heavy atom. The van der Waals surface area contributed by atoms with Crippen LogP contribution in [0.15, 0.2) is 11.6 Å². The van der Waals surface area contributed by atoms with Crippen molar-refractivity contribution in [1.82, 2.24) is 15.0 Å². The van der Waals surface area contributed by atoms with Crippen LogP contribution < -0.4 is 0 Å². The van der Waals surface area contributed by atoms with Gasteiger partial charge in [0.05, 0.1) is 11.9 Å². The number of hydrogen-bond acceptors (Lipinski definition) is 3. The first-order chi connectivity index (χ1) is 5.75. The lowest BCUT2D eigenvalue weighted by molar-refractivity contribution is 1.15. The Balaban J connectivity index is 2.43. The second-order valence-electron chi connectivity index (χ2n) is 2.68. The minimum absolute atomic E-state index is 0.929.